The predicted molar refractivity (Wildman–Crippen MR) is 90.1 cm³/mol. The van der Waals surface area contributed by atoms with E-state index in [9.17, 15) is 14.7 Å². The highest BCUT2D eigenvalue weighted by molar-refractivity contribution is 6.39. The zero-order chi connectivity index (χ0) is 16.8. The van der Waals surface area contributed by atoms with Gasteiger partial charge in [0, 0.05) is 24.3 Å². The van der Waals surface area contributed by atoms with Gasteiger partial charge in [-0.3, -0.25) is 9.59 Å². The van der Waals surface area contributed by atoms with E-state index in [1.54, 1.807) is 0 Å². The number of amides is 2. The molecule has 0 spiro atoms. The zero-order valence-electron chi connectivity index (χ0n) is 13.9. The molecule has 1 saturated carbocycles. The molecule has 2 unspecified atom stereocenters. The lowest BCUT2D eigenvalue weighted by molar-refractivity contribution is -0.137. The molecule has 23 heavy (non-hydrogen) atoms. The average molecular weight is 318 g/mol. The molecule has 0 saturated heterocycles. The normalized spacial score (nSPS) is 21.3. The van der Waals surface area contributed by atoms with Crippen molar-refractivity contribution in [1.82, 2.24) is 5.32 Å². The minimum atomic E-state index is -0.657. The van der Waals surface area contributed by atoms with Crippen molar-refractivity contribution in [1.29, 1.82) is 0 Å². The quantitative estimate of drug-likeness (QED) is 0.591. The number of carbonyl (C=O) groups is 2. The molecule has 0 bridgehead atoms. The van der Waals surface area contributed by atoms with E-state index >= 15 is 0 Å². The van der Waals surface area contributed by atoms with Gasteiger partial charge in [0.2, 0.25) is 0 Å². The van der Waals surface area contributed by atoms with Gasteiger partial charge in [-0.25, -0.2) is 0 Å². The number of hydrogen-bond acceptors (Lipinski definition) is 3. The highest BCUT2D eigenvalue weighted by Gasteiger charge is 2.26. The van der Waals surface area contributed by atoms with Crippen LogP contribution in [-0.4, -0.2) is 29.6 Å². The van der Waals surface area contributed by atoms with Gasteiger partial charge in [0.05, 0.1) is 0 Å². The lowest BCUT2D eigenvalue weighted by Crippen LogP contribution is -2.45. The molecule has 3 N–H and O–H groups in total. The Labute approximate surface area is 137 Å². The Bertz CT molecular complexity index is 551. The van der Waals surface area contributed by atoms with Gasteiger partial charge in [-0.05, 0) is 49.9 Å². The van der Waals surface area contributed by atoms with E-state index in [1.165, 1.54) is 0 Å². The Kier molecular flexibility index (Phi) is 6.16. The van der Waals surface area contributed by atoms with Crippen molar-refractivity contribution in [2.24, 2.45) is 5.92 Å². The van der Waals surface area contributed by atoms with Gasteiger partial charge < -0.3 is 15.7 Å². The fourth-order valence-electron chi connectivity index (χ4n) is 3.26. The first-order valence-corrected chi connectivity index (χ1v) is 8.30. The van der Waals surface area contributed by atoms with E-state index in [-0.39, 0.29) is 18.6 Å². The maximum Gasteiger partial charge on any atom is 0.313 e. The van der Waals surface area contributed by atoms with Crippen LogP contribution in [0.3, 0.4) is 0 Å². The van der Waals surface area contributed by atoms with Crippen LogP contribution in [0.5, 0.6) is 0 Å². The fourth-order valence-corrected chi connectivity index (χ4v) is 3.26. The second-order valence-electron chi connectivity index (χ2n) is 6.49. The van der Waals surface area contributed by atoms with E-state index in [2.05, 4.69) is 10.6 Å². The van der Waals surface area contributed by atoms with Crippen molar-refractivity contribution in [2.75, 3.05) is 11.9 Å². The van der Waals surface area contributed by atoms with Gasteiger partial charge in [0.15, 0.2) is 0 Å². The molecule has 1 aromatic rings. The number of rotatable bonds is 3. The van der Waals surface area contributed by atoms with Gasteiger partial charge >= 0.3 is 11.8 Å². The maximum absolute atomic E-state index is 12.2. The van der Waals surface area contributed by atoms with Crippen molar-refractivity contribution in [3.8, 4) is 0 Å². The van der Waals surface area contributed by atoms with Crippen LogP contribution in [0.25, 0.3) is 0 Å². The molecule has 1 aliphatic rings. The van der Waals surface area contributed by atoms with Crippen LogP contribution >= 0.6 is 0 Å². The summed E-state index contributed by atoms with van der Waals surface area (Å²) >= 11 is 0. The van der Waals surface area contributed by atoms with Crippen LogP contribution in [-0.2, 0) is 9.59 Å². The Morgan fingerprint density at radius 2 is 1.70 bits per heavy atom. The van der Waals surface area contributed by atoms with Gasteiger partial charge in [-0.1, -0.05) is 25.3 Å². The number of carbonyl (C=O) groups excluding carboxylic acids is 2. The Morgan fingerprint density at radius 3 is 2.35 bits per heavy atom. The standard InChI is InChI=1S/C18H26N2O3/c1-12-8-13(2)10-15(9-12)19-17(22)18(23)20-16-7-5-3-4-6-14(16)11-21/h8-10,14,16,21H,3-7,11H2,1-2H3,(H,19,22)(H,20,23). The summed E-state index contributed by atoms with van der Waals surface area (Å²) in [6.07, 6.45) is 4.89. The predicted octanol–water partition coefficient (Wildman–Crippen LogP) is 2.30. The van der Waals surface area contributed by atoms with Gasteiger partial charge in [-0.2, -0.15) is 0 Å². The zero-order valence-corrected chi connectivity index (χ0v) is 13.9. The highest BCUT2D eigenvalue weighted by atomic mass is 16.3. The summed E-state index contributed by atoms with van der Waals surface area (Å²) in [6, 6.07) is 5.55. The summed E-state index contributed by atoms with van der Waals surface area (Å²) in [5.41, 5.74) is 2.69. The second kappa shape index (κ2) is 8.11. The van der Waals surface area contributed by atoms with Crippen LogP contribution in [0.4, 0.5) is 5.69 Å². The number of aryl methyl sites for hydroxylation is 2. The molecule has 2 rings (SSSR count). The first-order chi connectivity index (χ1) is 11.0. The third-order valence-corrected chi connectivity index (χ3v) is 4.40. The molecule has 0 aliphatic heterocycles. The van der Waals surface area contributed by atoms with E-state index < -0.39 is 11.8 Å². The van der Waals surface area contributed by atoms with Crippen LogP contribution in [0.1, 0.15) is 43.2 Å². The molecular weight excluding hydrogens is 292 g/mol. The molecule has 0 radical (unpaired) electrons. The lowest BCUT2D eigenvalue weighted by Gasteiger charge is -2.24. The second-order valence-corrected chi connectivity index (χ2v) is 6.49. The Morgan fingerprint density at radius 1 is 1.04 bits per heavy atom. The van der Waals surface area contributed by atoms with Crippen molar-refractivity contribution in [2.45, 2.75) is 52.0 Å². The Balaban J connectivity index is 1.97. The van der Waals surface area contributed by atoms with Crippen molar-refractivity contribution >= 4 is 17.5 Å². The van der Waals surface area contributed by atoms with E-state index in [0.717, 1.165) is 43.2 Å². The van der Waals surface area contributed by atoms with Crippen LogP contribution in [0, 0.1) is 19.8 Å². The minimum absolute atomic E-state index is 0.0375. The number of aliphatic hydroxyl groups excluding tert-OH is 1. The molecular formula is C18H26N2O3. The maximum atomic E-state index is 12.2. The van der Waals surface area contributed by atoms with Crippen molar-refractivity contribution in [3.63, 3.8) is 0 Å². The van der Waals surface area contributed by atoms with E-state index in [0.29, 0.717) is 5.69 Å². The van der Waals surface area contributed by atoms with Crippen LogP contribution in [0.15, 0.2) is 18.2 Å². The SMILES string of the molecule is Cc1cc(C)cc(NC(=O)C(=O)NC2CCCCCC2CO)c1. The van der Waals surface area contributed by atoms with E-state index in [1.807, 2.05) is 32.0 Å². The monoisotopic (exact) mass is 318 g/mol. The minimum Gasteiger partial charge on any atom is -0.396 e. The molecule has 0 heterocycles. The summed E-state index contributed by atoms with van der Waals surface area (Å²) < 4.78 is 0. The molecule has 5 heteroatoms. The Hall–Kier alpha value is -1.88. The number of hydrogen-bond donors (Lipinski definition) is 3. The summed E-state index contributed by atoms with van der Waals surface area (Å²) in [6.45, 7) is 3.93. The van der Waals surface area contributed by atoms with Crippen molar-refractivity contribution in [3.05, 3.63) is 29.3 Å². The van der Waals surface area contributed by atoms with E-state index in [4.69, 9.17) is 0 Å². The van der Waals surface area contributed by atoms with Crippen molar-refractivity contribution < 1.29 is 14.7 Å². The molecule has 2 amide bonds. The molecule has 126 valence electrons. The first kappa shape index (κ1) is 17.5. The first-order valence-electron chi connectivity index (χ1n) is 8.30. The average Bonchev–Trinajstić information content (AvgIpc) is 2.71. The molecule has 2 atom stereocenters. The van der Waals surface area contributed by atoms with Gasteiger partial charge in [0.25, 0.3) is 0 Å². The molecule has 5 nitrogen and oxygen atoms in total. The number of aliphatic hydroxyl groups is 1. The summed E-state index contributed by atoms with van der Waals surface area (Å²) in [4.78, 5) is 24.3. The molecule has 0 aromatic heterocycles. The number of nitrogens with one attached hydrogen (secondary N) is 2. The summed E-state index contributed by atoms with van der Waals surface area (Å²) in [5.74, 6) is -1.25. The number of anilines is 1. The topological polar surface area (TPSA) is 78.4 Å². The number of benzene rings is 1. The molecule has 1 aromatic carbocycles. The summed E-state index contributed by atoms with van der Waals surface area (Å²) in [7, 11) is 0. The third kappa shape index (κ3) is 5.06. The van der Waals surface area contributed by atoms with Crippen LogP contribution < -0.4 is 10.6 Å². The molecule has 1 aliphatic carbocycles. The highest BCUT2D eigenvalue weighted by Crippen LogP contribution is 2.23. The smallest absolute Gasteiger partial charge is 0.313 e. The van der Waals surface area contributed by atoms with Gasteiger partial charge in [0.1, 0.15) is 0 Å². The lowest BCUT2D eigenvalue weighted by atomic mass is 9.95. The molecule has 1 fully saturated rings. The van der Waals surface area contributed by atoms with Gasteiger partial charge in [-0.15, -0.1) is 0 Å². The van der Waals surface area contributed by atoms with Crippen LogP contribution in [0.2, 0.25) is 0 Å². The largest absolute Gasteiger partial charge is 0.396 e. The third-order valence-electron chi connectivity index (χ3n) is 4.40. The summed E-state index contributed by atoms with van der Waals surface area (Å²) in [5, 5.41) is 14.9. The fraction of sp³-hybridized carbons (Fsp3) is 0.556.